The molecule has 1 aromatic heterocycles. The highest BCUT2D eigenvalue weighted by molar-refractivity contribution is 5.35. The van der Waals surface area contributed by atoms with Crippen LogP contribution in [-0.4, -0.2) is 16.7 Å². The summed E-state index contributed by atoms with van der Waals surface area (Å²) in [4.78, 5) is 4.18. The van der Waals surface area contributed by atoms with Crippen LogP contribution in [0, 0.1) is 5.82 Å². The molecule has 0 spiro atoms. The van der Waals surface area contributed by atoms with E-state index in [0.717, 1.165) is 5.69 Å². The Balaban J connectivity index is 2.01. The first kappa shape index (κ1) is 13.5. The van der Waals surface area contributed by atoms with Gasteiger partial charge in [0.2, 0.25) is 0 Å². The van der Waals surface area contributed by atoms with Gasteiger partial charge >= 0.3 is 0 Å². The van der Waals surface area contributed by atoms with Gasteiger partial charge in [0.1, 0.15) is 11.6 Å². The summed E-state index contributed by atoms with van der Waals surface area (Å²) in [5.74, 6) is 0.00293. The van der Waals surface area contributed by atoms with E-state index in [-0.39, 0.29) is 5.82 Å². The van der Waals surface area contributed by atoms with Crippen molar-refractivity contribution >= 4 is 0 Å². The summed E-state index contributed by atoms with van der Waals surface area (Å²) in [6, 6.07) is 9.81. The van der Waals surface area contributed by atoms with E-state index in [4.69, 9.17) is 4.74 Å². The van der Waals surface area contributed by atoms with E-state index in [1.54, 1.807) is 13.1 Å². The fourth-order valence-electron chi connectivity index (χ4n) is 1.79. The third-order valence-corrected chi connectivity index (χ3v) is 2.77. The van der Waals surface area contributed by atoms with Crippen LogP contribution < -0.4 is 4.74 Å². The van der Waals surface area contributed by atoms with E-state index in [1.807, 2.05) is 18.2 Å². The number of aliphatic hydroxyl groups excluding tert-OH is 1. The highest BCUT2D eigenvalue weighted by Crippen LogP contribution is 2.26. The van der Waals surface area contributed by atoms with Gasteiger partial charge in [-0.2, -0.15) is 0 Å². The first-order chi connectivity index (χ1) is 9.16. The number of hydrogen-bond acceptors (Lipinski definition) is 3. The quantitative estimate of drug-likeness (QED) is 0.899. The molecule has 2 aromatic rings. The Hall–Kier alpha value is -1.94. The molecule has 0 aliphatic carbocycles. The molecule has 100 valence electrons. The molecule has 0 radical (unpaired) electrons. The van der Waals surface area contributed by atoms with E-state index in [2.05, 4.69) is 4.98 Å². The summed E-state index contributed by atoms with van der Waals surface area (Å²) < 4.78 is 18.7. The second kappa shape index (κ2) is 6.29. The van der Waals surface area contributed by atoms with Crippen LogP contribution >= 0.6 is 0 Å². The third-order valence-electron chi connectivity index (χ3n) is 2.77. The zero-order chi connectivity index (χ0) is 13.7. The van der Waals surface area contributed by atoms with Gasteiger partial charge in [0.15, 0.2) is 0 Å². The average Bonchev–Trinajstić information content (AvgIpc) is 2.39. The van der Waals surface area contributed by atoms with Crippen molar-refractivity contribution in [3.05, 3.63) is 59.7 Å². The molecule has 1 aromatic carbocycles. The van der Waals surface area contributed by atoms with Crippen LogP contribution in [0.1, 0.15) is 24.3 Å². The van der Waals surface area contributed by atoms with Gasteiger partial charge in [-0.3, -0.25) is 4.98 Å². The molecule has 1 N–H and O–H groups in total. The number of ether oxygens (including phenoxy) is 1. The Kier molecular flexibility index (Phi) is 4.47. The lowest BCUT2D eigenvalue weighted by Crippen LogP contribution is -2.06. The van der Waals surface area contributed by atoms with Gasteiger partial charge in [-0.1, -0.05) is 6.07 Å². The van der Waals surface area contributed by atoms with Crippen LogP contribution in [0.2, 0.25) is 0 Å². The molecule has 0 saturated heterocycles. The van der Waals surface area contributed by atoms with Crippen LogP contribution in [0.4, 0.5) is 4.39 Å². The number of benzene rings is 1. The smallest absolute Gasteiger partial charge is 0.128 e. The van der Waals surface area contributed by atoms with Crippen molar-refractivity contribution in [1.29, 1.82) is 0 Å². The summed E-state index contributed by atoms with van der Waals surface area (Å²) >= 11 is 0. The zero-order valence-electron chi connectivity index (χ0n) is 10.7. The Morgan fingerprint density at radius 3 is 2.84 bits per heavy atom. The van der Waals surface area contributed by atoms with Crippen LogP contribution in [0.3, 0.4) is 0 Å². The second-order valence-electron chi connectivity index (χ2n) is 4.28. The molecule has 3 nitrogen and oxygen atoms in total. The lowest BCUT2D eigenvalue weighted by molar-refractivity contribution is 0.191. The maximum absolute atomic E-state index is 13.2. The van der Waals surface area contributed by atoms with Crippen molar-refractivity contribution < 1.29 is 14.2 Å². The minimum absolute atomic E-state index is 0.378. The minimum atomic E-state index is -0.689. The molecule has 2 rings (SSSR count). The number of hydrogen-bond donors (Lipinski definition) is 1. The Bertz CT molecular complexity index is 529. The van der Waals surface area contributed by atoms with Crippen molar-refractivity contribution in [3.8, 4) is 5.75 Å². The third kappa shape index (κ3) is 3.76. The van der Waals surface area contributed by atoms with Crippen molar-refractivity contribution in [2.45, 2.75) is 19.4 Å². The maximum Gasteiger partial charge on any atom is 0.128 e. The largest absolute Gasteiger partial charge is 0.493 e. The summed E-state index contributed by atoms with van der Waals surface area (Å²) in [5, 5.41) is 9.60. The normalized spacial score (nSPS) is 12.2. The number of rotatable bonds is 5. The molecule has 1 heterocycles. The number of aliphatic hydroxyl groups is 1. The van der Waals surface area contributed by atoms with Gasteiger partial charge < -0.3 is 9.84 Å². The van der Waals surface area contributed by atoms with Gasteiger partial charge in [0, 0.05) is 29.9 Å². The van der Waals surface area contributed by atoms with Gasteiger partial charge in [0.25, 0.3) is 0 Å². The first-order valence-corrected chi connectivity index (χ1v) is 6.17. The van der Waals surface area contributed by atoms with Gasteiger partial charge in [-0.15, -0.1) is 0 Å². The van der Waals surface area contributed by atoms with E-state index >= 15 is 0 Å². The molecule has 0 bridgehead atoms. The lowest BCUT2D eigenvalue weighted by atomic mass is 10.1. The van der Waals surface area contributed by atoms with Crippen LogP contribution in [-0.2, 0) is 6.42 Å². The predicted octanol–water partition coefficient (Wildman–Crippen LogP) is 2.90. The number of nitrogens with zero attached hydrogens (tertiary/aromatic N) is 1. The van der Waals surface area contributed by atoms with E-state index in [9.17, 15) is 9.50 Å². The summed E-state index contributed by atoms with van der Waals surface area (Å²) in [7, 11) is 0. The SMILES string of the molecule is C[C@@H](O)c1ccc(F)cc1OCCc1ccccn1. The molecule has 1 atom stereocenters. The molecule has 0 aliphatic rings. The van der Waals surface area contributed by atoms with Crippen molar-refractivity contribution in [2.24, 2.45) is 0 Å². The lowest BCUT2D eigenvalue weighted by Gasteiger charge is -2.13. The zero-order valence-corrected chi connectivity index (χ0v) is 10.7. The number of aromatic nitrogens is 1. The van der Waals surface area contributed by atoms with Gasteiger partial charge in [-0.25, -0.2) is 4.39 Å². The maximum atomic E-state index is 13.2. The highest BCUT2D eigenvalue weighted by atomic mass is 19.1. The Labute approximate surface area is 111 Å². The van der Waals surface area contributed by atoms with Crippen LogP contribution in [0.5, 0.6) is 5.75 Å². The number of pyridine rings is 1. The molecule has 19 heavy (non-hydrogen) atoms. The molecule has 0 aliphatic heterocycles. The van der Waals surface area contributed by atoms with E-state index in [0.29, 0.717) is 24.3 Å². The van der Waals surface area contributed by atoms with Gasteiger partial charge in [-0.05, 0) is 31.2 Å². The predicted molar refractivity (Wildman–Crippen MR) is 70.5 cm³/mol. The van der Waals surface area contributed by atoms with Crippen molar-refractivity contribution in [1.82, 2.24) is 4.98 Å². The first-order valence-electron chi connectivity index (χ1n) is 6.17. The molecule has 0 unspecified atom stereocenters. The average molecular weight is 261 g/mol. The van der Waals surface area contributed by atoms with Crippen LogP contribution in [0.15, 0.2) is 42.6 Å². The second-order valence-corrected chi connectivity index (χ2v) is 4.28. The summed E-state index contributed by atoms with van der Waals surface area (Å²) in [6.07, 6.45) is 1.67. The van der Waals surface area contributed by atoms with Crippen molar-refractivity contribution in [3.63, 3.8) is 0 Å². The van der Waals surface area contributed by atoms with E-state index < -0.39 is 6.10 Å². The molecule has 0 amide bonds. The fourth-order valence-corrected chi connectivity index (χ4v) is 1.79. The minimum Gasteiger partial charge on any atom is -0.493 e. The topological polar surface area (TPSA) is 42.4 Å². The Morgan fingerprint density at radius 1 is 1.32 bits per heavy atom. The molecular weight excluding hydrogens is 245 g/mol. The number of halogens is 1. The monoisotopic (exact) mass is 261 g/mol. The molecule has 4 heteroatoms. The summed E-state index contributed by atoms with van der Waals surface area (Å²) in [5.41, 5.74) is 1.50. The van der Waals surface area contributed by atoms with Crippen molar-refractivity contribution in [2.75, 3.05) is 6.61 Å². The molecule has 0 saturated carbocycles. The molecule has 0 fully saturated rings. The Morgan fingerprint density at radius 2 is 2.16 bits per heavy atom. The van der Waals surface area contributed by atoms with Crippen LogP contribution in [0.25, 0.3) is 0 Å². The molecular formula is C15H16FNO2. The highest BCUT2D eigenvalue weighted by Gasteiger charge is 2.10. The summed E-state index contributed by atoms with van der Waals surface area (Å²) in [6.45, 7) is 2.01. The van der Waals surface area contributed by atoms with Gasteiger partial charge in [0.05, 0.1) is 12.7 Å². The standard InChI is InChI=1S/C15H16FNO2/c1-11(18)14-6-5-12(16)10-15(14)19-9-7-13-4-2-3-8-17-13/h2-6,8,10-11,18H,7,9H2,1H3/t11-/m1/s1. The van der Waals surface area contributed by atoms with E-state index in [1.165, 1.54) is 18.2 Å². The fraction of sp³-hybridized carbons (Fsp3) is 0.267.